The van der Waals surface area contributed by atoms with Gasteiger partial charge in [-0.1, -0.05) is 18.2 Å². The topological polar surface area (TPSA) is 115 Å². The molecule has 1 N–H and O–H groups in total. The fourth-order valence-electron chi connectivity index (χ4n) is 4.06. The van der Waals surface area contributed by atoms with Crippen LogP contribution in [0.4, 0.5) is 5.69 Å². The van der Waals surface area contributed by atoms with Crippen LogP contribution < -0.4 is 5.32 Å². The molecule has 0 saturated carbocycles. The zero-order valence-corrected chi connectivity index (χ0v) is 19.5. The molecule has 34 heavy (non-hydrogen) atoms. The van der Waals surface area contributed by atoms with E-state index in [9.17, 15) is 22.8 Å². The van der Waals surface area contributed by atoms with Gasteiger partial charge in [-0.25, -0.2) is 13.2 Å². The molecular weight excluding hydrogens is 458 g/mol. The molecule has 1 fully saturated rings. The van der Waals surface area contributed by atoms with Crippen LogP contribution in [0, 0.1) is 0 Å². The summed E-state index contributed by atoms with van der Waals surface area (Å²) in [7, 11) is -2.73. The van der Waals surface area contributed by atoms with Crippen LogP contribution in [0.25, 0.3) is 10.9 Å². The summed E-state index contributed by atoms with van der Waals surface area (Å²) in [6.07, 6.45) is 3.38. The number of carbonyl (C=O) groups is 3. The zero-order valence-electron chi connectivity index (χ0n) is 18.7. The van der Waals surface area contributed by atoms with Crippen LogP contribution in [-0.2, 0) is 30.7 Å². The fraction of sp³-hybridized carbons (Fsp3) is 0.292. The third kappa shape index (κ3) is 4.96. The third-order valence-electron chi connectivity index (χ3n) is 5.76. The molecule has 0 radical (unpaired) electrons. The van der Waals surface area contributed by atoms with E-state index in [0.717, 1.165) is 12.8 Å². The number of nitrogens with zero attached hydrogens (tertiary/aromatic N) is 2. The number of anilines is 1. The highest BCUT2D eigenvalue weighted by atomic mass is 32.2. The summed E-state index contributed by atoms with van der Waals surface area (Å²) in [5.74, 6) is -2.05. The Hall–Kier alpha value is -3.66. The number of rotatable bonds is 7. The van der Waals surface area contributed by atoms with Crippen molar-refractivity contribution >= 4 is 44.2 Å². The van der Waals surface area contributed by atoms with Crippen LogP contribution in [-0.4, -0.2) is 61.6 Å². The van der Waals surface area contributed by atoms with E-state index >= 15 is 0 Å². The van der Waals surface area contributed by atoms with Gasteiger partial charge in [-0.3, -0.25) is 9.59 Å². The normalized spacial score (nSPS) is 13.7. The average molecular weight is 484 g/mol. The summed E-state index contributed by atoms with van der Waals surface area (Å²) in [6.45, 7) is 1.46. The summed E-state index contributed by atoms with van der Waals surface area (Å²) in [5, 5.41) is 3.00. The molecule has 4 rings (SSSR count). The Morgan fingerprint density at radius 1 is 1.00 bits per heavy atom. The number of amides is 2. The maximum atomic E-state index is 13.2. The number of para-hydroxylation sites is 1. The minimum absolute atomic E-state index is 0.00788. The molecule has 0 spiro atoms. The van der Waals surface area contributed by atoms with Gasteiger partial charge in [0.05, 0.1) is 17.6 Å². The summed E-state index contributed by atoms with van der Waals surface area (Å²) in [4.78, 5) is 38.5. The first-order valence-corrected chi connectivity index (χ1v) is 12.5. The molecule has 2 heterocycles. The van der Waals surface area contributed by atoms with E-state index in [1.165, 1.54) is 37.6 Å². The van der Waals surface area contributed by atoms with Crippen molar-refractivity contribution in [3.05, 3.63) is 60.3 Å². The number of likely N-dealkylation sites (tertiary alicyclic amines) is 1. The molecule has 1 saturated heterocycles. The average Bonchev–Trinajstić information content (AvgIpc) is 3.48. The number of sulfone groups is 1. The SMILES string of the molecule is COC(=O)c1ccc(NC(=O)CS(=O)(=O)c2cn(CC(=O)N3CCCC3)c3ccccc23)cc1. The van der Waals surface area contributed by atoms with Crippen molar-refractivity contribution in [3.63, 3.8) is 0 Å². The van der Waals surface area contributed by atoms with Crippen LogP contribution in [0.5, 0.6) is 0 Å². The van der Waals surface area contributed by atoms with Crippen molar-refractivity contribution < 1.29 is 27.5 Å². The van der Waals surface area contributed by atoms with Crippen LogP contribution in [0.3, 0.4) is 0 Å². The molecule has 1 aromatic heterocycles. The van der Waals surface area contributed by atoms with Crippen molar-refractivity contribution in [2.75, 3.05) is 31.3 Å². The Kier molecular flexibility index (Phi) is 6.69. The van der Waals surface area contributed by atoms with Gasteiger partial charge in [-0.2, -0.15) is 0 Å². The van der Waals surface area contributed by atoms with E-state index in [1.54, 1.807) is 33.7 Å². The van der Waals surface area contributed by atoms with Crippen LogP contribution >= 0.6 is 0 Å². The van der Waals surface area contributed by atoms with Crippen molar-refractivity contribution in [1.29, 1.82) is 0 Å². The van der Waals surface area contributed by atoms with Gasteiger partial charge in [0.2, 0.25) is 11.8 Å². The molecule has 0 unspecified atom stereocenters. The lowest BCUT2D eigenvalue weighted by Gasteiger charge is -2.15. The number of esters is 1. The van der Waals surface area contributed by atoms with E-state index in [-0.39, 0.29) is 17.3 Å². The minimum atomic E-state index is -4.00. The summed E-state index contributed by atoms with van der Waals surface area (Å²) in [6, 6.07) is 12.9. The van der Waals surface area contributed by atoms with Gasteiger partial charge in [0, 0.05) is 35.9 Å². The highest BCUT2D eigenvalue weighted by Gasteiger charge is 2.26. The van der Waals surface area contributed by atoms with Gasteiger partial charge in [0.1, 0.15) is 12.3 Å². The van der Waals surface area contributed by atoms with E-state index < -0.39 is 27.5 Å². The Morgan fingerprint density at radius 2 is 1.68 bits per heavy atom. The molecule has 0 atom stereocenters. The Bertz CT molecular complexity index is 1340. The summed E-state index contributed by atoms with van der Waals surface area (Å²) in [5.41, 5.74) is 1.28. The van der Waals surface area contributed by atoms with Crippen molar-refractivity contribution in [1.82, 2.24) is 9.47 Å². The second-order valence-corrected chi connectivity index (χ2v) is 10.1. The van der Waals surface area contributed by atoms with Crippen molar-refractivity contribution in [3.8, 4) is 0 Å². The van der Waals surface area contributed by atoms with Gasteiger partial charge < -0.3 is 19.5 Å². The molecule has 9 nitrogen and oxygen atoms in total. The predicted octanol–water partition coefficient (Wildman–Crippen LogP) is 2.46. The molecule has 1 aliphatic heterocycles. The largest absolute Gasteiger partial charge is 0.465 e. The van der Waals surface area contributed by atoms with Gasteiger partial charge in [0.25, 0.3) is 0 Å². The Morgan fingerprint density at radius 3 is 2.35 bits per heavy atom. The number of methoxy groups -OCH3 is 1. The number of aromatic nitrogens is 1. The number of nitrogens with one attached hydrogen (secondary N) is 1. The number of hydrogen-bond donors (Lipinski definition) is 1. The Labute approximate surface area is 197 Å². The molecule has 3 aromatic rings. The maximum absolute atomic E-state index is 13.2. The summed E-state index contributed by atoms with van der Waals surface area (Å²) < 4.78 is 32.6. The van der Waals surface area contributed by atoms with Crippen LogP contribution in [0.1, 0.15) is 23.2 Å². The lowest BCUT2D eigenvalue weighted by molar-refractivity contribution is -0.130. The standard InChI is InChI=1S/C24H25N3O6S/c1-33-24(30)17-8-10-18(11-9-17)25-22(28)16-34(31,32)21-14-27(20-7-3-2-6-19(20)21)15-23(29)26-12-4-5-13-26/h2-3,6-11,14H,4-5,12-13,15-16H2,1H3,(H,25,28). The Balaban J connectivity index is 1.53. The second kappa shape index (κ2) is 9.68. The first-order chi connectivity index (χ1) is 16.3. The second-order valence-electron chi connectivity index (χ2n) is 8.10. The molecular formula is C24H25N3O6S. The number of ether oxygens (including phenoxy) is 1. The molecule has 2 aromatic carbocycles. The van der Waals surface area contributed by atoms with E-state index in [4.69, 9.17) is 0 Å². The monoisotopic (exact) mass is 483 g/mol. The van der Waals surface area contributed by atoms with E-state index in [1.807, 2.05) is 0 Å². The number of benzene rings is 2. The maximum Gasteiger partial charge on any atom is 0.337 e. The van der Waals surface area contributed by atoms with Gasteiger partial charge in [0.15, 0.2) is 9.84 Å². The quantitative estimate of drug-likeness (QED) is 0.517. The van der Waals surface area contributed by atoms with E-state index in [0.29, 0.717) is 35.2 Å². The number of hydrogen-bond acceptors (Lipinski definition) is 6. The van der Waals surface area contributed by atoms with Crippen LogP contribution in [0.2, 0.25) is 0 Å². The number of fused-ring (bicyclic) bond motifs is 1. The highest BCUT2D eigenvalue weighted by Crippen LogP contribution is 2.27. The first kappa shape index (κ1) is 23.5. The predicted molar refractivity (Wildman–Crippen MR) is 126 cm³/mol. The highest BCUT2D eigenvalue weighted by molar-refractivity contribution is 7.92. The van der Waals surface area contributed by atoms with Gasteiger partial charge >= 0.3 is 5.97 Å². The van der Waals surface area contributed by atoms with Crippen molar-refractivity contribution in [2.45, 2.75) is 24.3 Å². The zero-order chi connectivity index (χ0) is 24.3. The van der Waals surface area contributed by atoms with Gasteiger partial charge in [-0.15, -0.1) is 0 Å². The molecule has 1 aliphatic rings. The molecule has 0 aliphatic carbocycles. The lowest BCUT2D eigenvalue weighted by Crippen LogP contribution is -2.30. The molecule has 2 amide bonds. The lowest BCUT2D eigenvalue weighted by atomic mass is 10.2. The van der Waals surface area contributed by atoms with Gasteiger partial charge in [-0.05, 0) is 43.2 Å². The molecule has 10 heteroatoms. The minimum Gasteiger partial charge on any atom is -0.465 e. The van der Waals surface area contributed by atoms with E-state index in [2.05, 4.69) is 10.1 Å². The first-order valence-electron chi connectivity index (χ1n) is 10.8. The smallest absolute Gasteiger partial charge is 0.337 e. The summed E-state index contributed by atoms with van der Waals surface area (Å²) >= 11 is 0. The molecule has 0 bridgehead atoms. The van der Waals surface area contributed by atoms with Crippen molar-refractivity contribution in [2.24, 2.45) is 0 Å². The fourth-order valence-corrected chi connectivity index (χ4v) is 5.43. The van der Waals surface area contributed by atoms with Crippen LogP contribution in [0.15, 0.2) is 59.6 Å². The molecule has 178 valence electrons. The third-order valence-corrected chi connectivity index (χ3v) is 7.40. The number of carbonyl (C=O) groups excluding carboxylic acids is 3.